The molecule has 0 aromatic rings. The topological polar surface area (TPSA) is 74.6 Å². The van der Waals surface area contributed by atoms with Gasteiger partial charge in [-0.15, -0.1) is 0 Å². The van der Waals surface area contributed by atoms with Gasteiger partial charge in [-0.05, 0) is 18.8 Å². The highest BCUT2D eigenvalue weighted by Gasteiger charge is 2.38. The van der Waals surface area contributed by atoms with Crippen LogP contribution in [0.2, 0.25) is 0 Å². The van der Waals surface area contributed by atoms with Crippen molar-refractivity contribution in [2.75, 3.05) is 6.16 Å². The number of hydrogen-bond donors (Lipinski definition) is 2. The van der Waals surface area contributed by atoms with Crippen LogP contribution in [-0.2, 0) is 9.36 Å². The smallest absolute Gasteiger partial charge is 0.377 e. The number of hydrogen-bond acceptors (Lipinski definition) is 3. The monoisotopic (exact) mass is 273 g/mol. The van der Waals surface area contributed by atoms with Crippen LogP contribution in [-0.4, -0.2) is 27.7 Å². The lowest BCUT2D eigenvalue weighted by molar-refractivity contribution is -0.132. The third-order valence-electron chi connectivity index (χ3n) is 3.29. The first kappa shape index (κ1) is 15.3. The average molecular weight is 273 g/mol. The summed E-state index contributed by atoms with van der Waals surface area (Å²) in [4.78, 5) is 11.2. The van der Waals surface area contributed by atoms with Crippen LogP contribution in [0, 0.1) is 5.92 Å². The minimum atomic E-state index is -1.96. The number of carboxylic acids is 1. The van der Waals surface area contributed by atoms with Crippen LogP contribution in [0.1, 0.15) is 46.0 Å². The van der Waals surface area contributed by atoms with Crippen LogP contribution in [0.25, 0.3) is 0 Å². The summed E-state index contributed by atoms with van der Waals surface area (Å²) in [6, 6.07) is 0. The van der Waals surface area contributed by atoms with E-state index in [2.05, 4.69) is 0 Å². The lowest BCUT2D eigenvalue weighted by Gasteiger charge is -2.18. The van der Waals surface area contributed by atoms with Crippen LogP contribution in [0.5, 0.6) is 0 Å². The van der Waals surface area contributed by atoms with E-state index in [1.165, 1.54) is 20.3 Å². The van der Waals surface area contributed by atoms with Crippen molar-refractivity contribution in [3.8, 4) is 0 Å². The highest BCUT2D eigenvalue weighted by atomic mass is 31.1. The van der Waals surface area contributed by atoms with Crippen LogP contribution >= 0.6 is 7.80 Å². The molecular weight excluding hydrogens is 251 g/mol. The molecule has 18 heavy (non-hydrogen) atoms. The van der Waals surface area contributed by atoms with Crippen molar-refractivity contribution in [1.29, 1.82) is 0 Å². The van der Waals surface area contributed by atoms with Crippen molar-refractivity contribution < 1.29 is 19.6 Å². The first-order chi connectivity index (χ1) is 8.30. The first-order valence-electron chi connectivity index (χ1n) is 6.42. The highest BCUT2D eigenvalue weighted by Crippen LogP contribution is 2.38. The van der Waals surface area contributed by atoms with Crippen molar-refractivity contribution in [3.63, 3.8) is 0 Å². The fourth-order valence-electron chi connectivity index (χ4n) is 2.13. The Bertz CT molecular complexity index is 348. The van der Waals surface area contributed by atoms with Gasteiger partial charge in [0.05, 0.1) is 5.57 Å². The Kier molecular flexibility index (Phi) is 5.48. The van der Waals surface area contributed by atoms with Crippen LogP contribution in [0.15, 0.2) is 11.6 Å². The maximum atomic E-state index is 11.8. The molecule has 1 atom stereocenters. The van der Waals surface area contributed by atoms with E-state index in [1.54, 1.807) is 6.08 Å². The molecule has 0 saturated heterocycles. The summed E-state index contributed by atoms with van der Waals surface area (Å²) in [5.41, 5.74) is 0.185. The zero-order valence-corrected chi connectivity index (χ0v) is 11.9. The third kappa shape index (κ3) is 4.87. The molecule has 1 aliphatic carbocycles. The van der Waals surface area contributed by atoms with Gasteiger partial charge in [-0.3, -0.25) is 0 Å². The van der Waals surface area contributed by atoms with E-state index in [0.29, 0.717) is 0 Å². The molecule has 0 aromatic carbocycles. The van der Waals surface area contributed by atoms with Gasteiger partial charge < -0.3 is 10.2 Å². The van der Waals surface area contributed by atoms with E-state index in [1.807, 2.05) is 0 Å². The zero-order chi connectivity index (χ0) is 13.8. The second kappa shape index (κ2) is 6.44. The Morgan fingerprint density at radius 2 is 1.89 bits per heavy atom. The number of rotatable bonds is 5. The average Bonchev–Trinajstić information content (AvgIpc) is 2.28. The lowest BCUT2D eigenvalue weighted by Crippen LogP contribution is -2.17. The maximum absolute atomic E-state index is 11.8. The SMILES string of the molecule is CC(C)(O)[P+](=O)CC(=CC1CCCCC1)C(=O)O. The van der Waals surface area contributed by atoms with Gasteiger partial charge in [-0.2, -0.15) is 0 Å². The molecule has 2 N–H and O–H groups in total. The number of aliphatic carboxylic acids is 1. The second-order valence-electron chi connectivity index (χ2n) is 5.43. The van der Waals surface area contributed by atoms with E-state index in [0.717, 1.165) is 25.7 Å². The molecule has 0 spiro atoms. The normalized spacial score (nSPS) is 19.7. The van der Waals surface area contributed by atoms with Gasteiger partial charge in [0.2, 0.25) is 0 Å². The van der Waals surface area contributed by atoms with E-state index >= 15 is 0 Å². The van der Waals surface area contributed by atoms with Gasteiger partial charge in [0.15, 0.2) is 6.16 Å². The summed E-state index contributed by atoms with van der Waals surface area (Å²) in [5.74, 6) is -0.733. The Morgan fingerprint density at radius 3 is 2.33 bits per heavy atom. The van der Waals surface area contributed by atoms with Crippen LogP contribution < -0.4 is 0 Å². The van der Waals surface area contributed by atoms with E-state index in [-0.39, 0.29) is 17.7 Å². The van der Waals surface area contributed by atoms with E-state index < -0.39 is 19.1 Å². The van der Waals surface area contributed by atoms with Crippen molar-refractivity contribution in [1.82, 2.24) is 0 Å². The molecule has 0 aromatic heterocycles. The molecule has 0 heterocycles. The van der Waals surface area contributed by atoms with Crippen molar-refractivity contribution in [2.45, 2.75) is 51.3 Å². The van der Waals surface area contributed by atoms with Gasteiger partial charge in [0.1, 0.15) is 0 Å². The summed E-state index contributed by atoms with van der Waals surface area (Å²) < 4.78 is 11.8. The fraction of sp³-hybridized carbons (Fsp3) is 0.769. The summed E-state index contributed by atoms with van der Waals surface area (Å²) in [6.07, 6.45) is 7.19. The molecule has 1 aliphatic rings. The van der Waals surface area contributed by atoms with Crippen molar-refractivity contribution in [2.24, 2.45) is 5.92 Å². The van der Waals surface area contributed by atoms with Gasteiger partial charge in [0, 0.05) is 13.8 Å². The molecule has 0 radical (unpaired) electrons. The molecule has 0 aliphatic heterocycles. The zero-order valence-electron chi connectivity index (χ0n) is 11.1. The summed E-state index contributed by atoms with van der Waals surface area (Å²) in [5, 5.41) is 17.4. The highest BCUT2D eigenvalue weighted by molar-refractivity contribution is 7.46. The van der Waals surface area contributed by atoms with Gasteiger partial charge in [-0.25, -0.2) is 4.79 Å². The molecule has 4 nitrogen and oxygen atoms in total. The minimum Gasteiger partial charge on any atom is -0.478 e. The largest absolute Gasteiger partial charge is 0.478 e. The molecular formula is C13H22O4P+. The number of allylic oxidation sites excluding steroid dienone is 1. The quantitative estimate of drug-likeness (QED) is 0.596. The van der Waals surface area contributed by atoms with Gasteiger partial charge in [-0.1, -0.05) is 29.9 Å². The molecule has 1 unspecified atom stereocenters. The molecule has 1 rings (SSSR count). The maximum Gasteiger partial charge on any atom is 0.377 e. The standard InChI is InChI=1S/C13H21O4P/c1-13(2,16)18(17)9-11(12(14)15)8-10-6-4-3-5-7-10/h8,10,16H,3-7,9H2,1-2H3/p+1. The molecule has 102 valence electrons. The first-order valence-corrected chi connectivity index (χ1v) is 7.86. The summed E-state index contributed by atoms with van der Waals surface area (Å²) in [7, 11) is -1.96. The predicted molar refractivity (Wildman–Crippen MR) is 71.1 cm³/mol. The Hall–Kier alpha value is -0.730. The molecule has 5 heteroatoms. The lowest BCUT2D eigenvalue weighted by atomic mass is 9.88. The summed E-state index contributed by atoms with van der Waals surface area (Å²) in [6.45, 7) is 2.90. The second-order valence-corrected chi connectivity index (χ2v) is 7.59. The molecule has 1 saturated carbocycles. The Morgan fingerprint density at radius 1 is 1.33 bits per heavy atom. The van der Waals surface area contributed by atoms with Gasteiger partial charge in [0.25, 0.3) is 5.34 Å². The summed E-state index contributed by atoms with van der Waals surface area (Å²) >= 11 is 0. The van der Waals surface area contributed by atoms with Crippen LogP contribution in [0.3, 0.4) is 0 Å². The number of carbonyl (C=O) groups is 1. The minimum absolute atomic E-state index is 0.0509. The van der Waals surface area contributed by atoms with E-state index in [9.17, 15) is 14.5 Å². The number of aliphatic hydroxyl groups is 1. The van der Waals surface area contributed by atoms with Crippen molar-refractivity contribution in [3.05, 3.63) is 11.6 Å². The number of carboxylic acid groups (broad SMARTS) is 1. The third-order valence-corrected chi connectivity index (χ3v) is 5.13. The predicted octanol–water partition coefficient (Wildman–Crippen LogP) is 3.13. The fourth-order valence-corrected chi connectivity index (χ4v) is 3.06. The van der Waals surface area contributed by atoms with Crippen LogP contribution in [0.4, 0.5) is 0 Å². The molecule has 0 amide bonds. The Balaban J connectivity index is 2.73. The van der Waals surface area contributed by atoms with Gasteiger partial charge >= 0.3 is 13.8 Å². The molecule has 0 bridgehead atoms. The van der Waals surface area contributed by atoms with E-state index in [4.69, 9.17) is 5.11 Å². The Labute approximate surface area is 109 Å². The van der Waals surface area contributed by atoms with Crippen molar-refractivity contribution >= 4 is 13.8 Å². The molecule has 1 fully saturated rings.